The average Bonchev–Trinajstić information content (AvgIpc) is 3.19. The number of nitrogens with zero attached hydrogens (tertiary/aromatic N) is 2. The van der Waals surface area contributed by atoms with E-state index in [9.17, 15) is 17.6 Å². The minimum Gasteiger partial charge on any atom is -0.286 e. The summed E-state index contributed by atoms with van der Waals surface area (Å²) in [5, 5.41) is 1.71. The fourth-order valence-corrected chi connectivity index (χ4v) is 5.35. The molecule has 1 fully saturated rings. The Morgan fingerprint density at radius 2 is 2.00 bits per heavy atom. The molecule has 1 saturated heterocycles. The Morgan fingerprint density at radius 3 is 2.64 bits per heavy atom. The quantitative estimate of drug-likeness (QED) is 0.741. The summed E-state index contributed by atoms with van der Waals surface area (Å²) in [7, 11) is -3.88. The topological polar surface area (TPSA) is 66.8 Å². The van der Waals surface area contributed by atoms with Crippen LogP contribution in [0.25, 0.3) is 6.08 Å². The third-order valence-electron chi connectivity index (χ3n) is 3.34. The van der Waals surface area contributed by atoms with Crippen LogP contribution < -0.4 is 0 Å². The Morgan fingerprint density at radius 1 is 1.24 bits per heavy atom. The van der Waals surface area contributed by atoms with Crippen LogP contribution in [0.1, 0.15) is 12.5 Å². The van der Waals surface area contributed by atoms with E-state index in [4.69, 9.17) is 0 Å². The number of hydrogen-bond acceptors (Lipinski definition) is 5. The Bertz CT molecular complexity index is 966. The van der Waals surface area contributed by atoms with Gasteiger partial charge in [-0.15, -0.1) is 15.7 Å². The molecule has 1 aliphatic heterocycles. The summed E-state index contributed by atoms with van der Waals surface area (Å²) in [6.07, 6.45) is 1.41. The molecule has 1 amide bonds. The van der Waals surface area contributed by atoms with E-state index < -0.39 is 21.7 Å². The maximum atomic E-state index is 13.8. The van der Waals surface area contributed by atoms with Gasteiger partial charge in [-0.1, -0.05) is 24.3 Å². The number of thiophene rings is 1. The highest BCUT2D eigenvalue weighted by Gasteiger charge is 2.34. The molecule has 5 nitrogen and oxygen atoms in total. The predicted octanol–water partition coefficient (Wildman–Crippen LogP) is 3.57. The number of carbonyl (C=O) groups excluding carboxylic acids is 1. The van der Waals surface area contributed by atoms with Gasteiger partial charge in [0.05, 0.1) is 4.91 Å². The molecular weight excluding hydrogens is 383 g/mol. The Balaban J connectivity index is 1.99. The summed E-state index contributed by atoms with van der Waals surface area (Å²) in [5.41, 5.74) is 0.261. The normalized spacial score (nSPS) is 18.5. The molecule has 0 spiro atoms. The lowest BCUT2D eigenvalue weighted by molar-refractivity contribution is -0.122. The van der Waals surface area contributed by atoms with E-state index in [1.165, 1.54) is 23.1 Å². The fourth-order valence-electron chi connectivity index (χ4n) is 2.15. The standard InChI is InChI=1S/C16H13FN2O3S3/c1-2-19-15(20)13(10-11-6-3-4-7-12(11)17)24-16(19)18-25(21,22)14-8-5-9-23-14/h3-10H,2H2,1H3/b13-10-,18-16-. The second-order valence-corrected chi connectivity index (χ2v) is 8.75. The molecule has 0 atom stereocenters. The summed E-state index contributed by atoms with van der Waals surface area (Å²) < 4.78 is 42.4. The molecule has 0 aliphatic carbocycles. The molecule has 0 N–H and O–H groups in total. The summed E-state index contributed by atoms with van der Waals surface area (Å²) in [4.78, 5) is 14.0. The van der Waals surface area contributed by atoms with Crippen LogP contribution in [0.3, 0.4) is 0 Å². The molecule has 1 aliphatic rings. The van der Waals surface area contributed by atoms with Crippen molar-refractivity contribution < 1.29 is 17.6 Å². The summed E-state index contributed by atoms with van der Waals surface area (Å²) in [5.74, 6) is -0.848. The van der Waals surface area contributed by atoms with Gasteiger partial charge >= 0.3 is 0 Å². The van der Waals surface area contributed by atoms with E-state index >= 15 is 0 Å². The molecule has 0 radical (unpaired) electrons. The minimum absolute atomic E-state index is 0.0727. The second-order valence-electron chi connectivity index (χ2n) is 4.96. The van der Waals surface area contributed by atoms with E-state index in [1.54, 1.807) is 36.6 Å². The molecule has 0 saturated carbocycles. The molecule has 0 unspecified atom stereocenters. The maximum Gasteiger partial charge on any atom is 0.294 e. The fraction of sp³-hybridized carbons (Fsp3) is 0.125. The smallest absolute Gasteiger partial charge is 0.286 e. The van der Waals surface area contributed by atoms with Gasteiger partial charge in [-0.05, 0) is 42.3 Å². The van der Waals surface area contributed by atoms with Gasteiger partial charge in [0, 0.05) is 12.1 Å². The van der Waals surface area contributed by atoms with Crippen LogP contribution in [0.15, 0.2) is 55.3 Å². The molecule has 3 rings (SSSR count). The first-order valence-corrected chi connectivity index (χ1v) is 10.4. The summed E-state index contributed by atoms with van der Waals surface area (Å²) in [6.45, 7) is 1.98. The summed E-state index contributed by atoms with van der Waals surface area (Å²) >= 11 is 1.98. The first-order chi connectivity index (χ1) is 11.9. The third-order valence-corrected chi connectivity index (χ3v) is 7.11. The minimum atomic E-state index is -3.88. The number of rotatable bonds is 4. The molecule has 9 heteroatoms. The van der Waals surface area contributed by atoms with Crippen molar-refractivity contribution in [2.45, 2.75) is 11.1 Å². The predicted molar refractivity (Wildman–Crippen MR) is 98.3 cm³/mol. The molecular formula is C16H13FN2O3S3. The molecule has 2 heterocycles. The molecule has 130 valence electrons. The third kappa shape index (κ3) is 3.68. The molecule has 2 aromatic rings. The number of carbonyl (C=O) groups is 1. The zero-order chi connectivity index (χ0) is 18.0. The van der Waals surface area contributed by atoms with Gasteiger partial charge < -0.3 is 0 Å². The zero-order valence-electron chi connectivity index (χ0n) is 13.0. The van der Waals surface area contributed by atoms with Gasteiger partial charge in [-0.3, -0.25) is 9.69 Å². The monoisotopic (exact) mass is 396 g/mol. The SMILES string of the molecule is CCN1C(=O)/C(=C/c2ccccc2F)S/C1=N\S(=O)(=O)c1cccs1. The molecule has 1 aromatic carbocycles. The highest BCUT2D eigenvalue weighted by atomic mass is 32.2. The van der Waals surface area contributed by atoms with Crippen LogP contribution >= 0.6 is 23.1 Å². The lowest BCUT2D eigenvalue weighted by atomic mass is 10.2. The second kappa shape index (κ2) is 7.11. The van der Waals surface area contributed by atoms with Crippen molar-refractivity contribution in [3.63, 3.8) is 0 Å². The van der Waals surface area contributed by atoms with Gasteiger partial charge in [-0.2, -0.15) is 8.42 Å². The van der Waals surface area contributed by atoms with E-state index in [0.29, 0.717) is 0 Å². The summed E-state index contributed by atoms with van der Waals surface area (Å²) in [6, 6.07) is 9.13. The first-order valence-electron chi connectivity index (χ1n) is 7.27. The largest absolute Gasteiger partial charge is 0.294 e. The van der Waals surface area contributed by atoms with E-state index in [2.05, 4.69) is 4.40 Å². The number of thioether (sulfide) groups is 1. The van der Waals surface area contributed by atoms with Gasteiger partial charge in [0.1, 0.15) is 10.0 Å². The lowest BCUT2D eigenvalue weighted by Gasteiger charge is -2.11. The van der Waals surface area contributed by atoms with Gasteiger partial charge in [0.2, 0.25) is 0 Å². The average molecular weight is 396 g/mol. The van der Waals surface area contributed by atoms with Crippen molar-refractivity contribution in [2.24, 2.45) is 4.40 Å². The van der Waals surface area contributed by atoms with Crippen LogP contribution in [0.4, 0.5) is 4.39 Å². The number of sulfonamides is 1. The van der Waals surface area contributed by atoms with Crippen molar-refractivity contribution in [1.82, 2.24) is 4.90 Å². The van der Waals surface area contributed by atoms with E-state index in [-0.39, 0.29) is 26.4 Å². The van der Waals surface area contributed by atoms with E-state index in [0.717, 1.165) is 23.1 Å². The van der Waals surface area contributed by atoms with Crippen LogP contribution in [0.2, 0.25) is 0 Å². The van der Waals surface area contributed by atoms with Crippen molar-refractivity contribution in [3.05, 3.63) is 58.1 Å². The number of hydrogen-bond donors (Lipinski definition) is 0. The molecule has 25 heavy (non-hydrogen) atoms. The number of likely N-dealkylation sites (N-methyl/N-ethyl adjacent to an activating group) is 1. The maximum absolute atomic E-state index is 13.8. The van der Waals surface area contributed by atoms with Gasteiger partial charge in [0.25, 0.3) is 15.9 Å². The molecule has 1 aromatic heterocycles. The van der Waals surface area contributed by atoms with Crippen molar-refractivity contribution >= 4 is 50.3 Å². The Hall–Kier alpha value is -1.97. The van der Waals surface area contributed by atoms with Crippen molar-refractivity contribution in [1.29, 1.82) is 0 Å². The highest BCUT2D eigenvalue weighted by molar-refractivity contribution is 8.19. The number of amides is 1. The molecule has 0 bridgehead atoms. The zero-order valence-corrected chi connectivity index (χ0v) is 15.5. The number of amidine groups is 1. The van der Waals surface area contributed by atoms with Gasteiger partial charge in [-0.25, -0.2) is 4.39 Å². The van der Waals surface area contributed by atoms with Crippen LogP contribution in [0.5, 0.6) is 0 Å². The van der Waals surface area contributed by atoms with E-state index in [1.807, 2.05) is 0 Å². The van der Waals surface area contributed by atoms with Crippen molar-refractivity contribution in [2.75, 3.05) is 6.54 Å². The Kier molecular flexibility index (Phi) is 5.07. The Labute approximate surface area is 152 Å². The van der Waals surface area contributed by atoms with Gasteiger partial charge in [0.15, 0.2) is 5.17 Å². The van der Waals surface area contributed by atoms with Crippen LogP contribution in [0, 0.1) is 5.82 Å². The lowest BCUT2D eigenvalue weighted by Crippen LogP contribution is -2.29. The van der Waals surface area contributed by atoms with Crippen LogP contribution in [-0.4, -0.2) is 30.9 Å². The number of halogens is 1. The van der Waals surface area contributed by atoms with Crippen LogP contribution in [-0.2, 0) is 14.8 Å². The number of benzene rings is 1. The van der Waals surface area contributed by atoms with Crippen molar-refractivity contribution in [3.8, 4) is 0 Å². The highest BCUT2D eigenvalue weighted by Crippen LogP contribution is 2.34. The first kappa shape index (κ1) is 17.8.